The summed E-state index contributed by atoms with van der Waals surface area (Å²) < 4.78 is 0. The van der Waals surface area contributed by atoms with E-state index in [-0.39, 0.29) is 11.3 Å². The lowest BCUT2D eigenvalue weighted by molar-refractivity contribution is -0.122. The van der Waals surface area contributed by atoms with Crippen LogP contribution in [0.2, 0.25) is 0 Å². The first kappa shape index (κ1) is 9.70. The van der Waals surface area contributed by atoms with Gasteiger partial charge in [-0.2, -0.15) is 0 Å². The van der Waals surface area contributed by atoms with Crippen LogP contribution < -0.4 is 0 Å². The van der Waals surface area contributed by atoms with Crippen molar-refractivity contribution in [1.82, 2.24) is 0 Å². The second kappa shape index (κ2) is 3.38. The summed E-state index contributed by atoms with van der Waals surface area (Å²) in [5.41, 5.74) is 1.53. The lowest BCUT2D eigenvalue weighted by atomic mass is 9.79. The smallest absolute Gasteiger partial charge is 0.140 e. The molecule has 0 heterocycles. The quantitative estimate of drug-likeness (QED) is 0.536. The van der Waals surface area contributed by atoms with E-state index in [2.05, 4.69) is 32.1 Å². The fraction of sp³-hybridized carbons (Fsp3) is 0.615. The van der Waals surface area contributed by atoms with Crippen LogP contribution in [0.4, 0.5) is 0 Å². The maximum atomic E-state index is 11.7. The minimum absolute atomic E-state index is 0.141. The van der Waals surface area contributed by atoms with Crippen molar-refractivity contribution < 1.29 is 4.79 Å². The largest absolute Gasteiger partial charge is 0.299 e. The summed E-state index contributed by atoms with van der Waals surface area (Å²) in [6.45, 7) is 4.41. The summed E-state index contributed by atoms with van der Waals surface area (Å²) in [6.07, 6.45) is 10.6. The molecule has 1 atom stereocenters. The van der Waals surface area contributed by atoms with Crippen molar-refractivity contribution in [2.24, 2.45) is 11.3 Å². The number of fused-ring (bicyclic) bond motifs is 1. The van der Waals surface area contributed by atoms with Crippen molar-refractivity contribution in [1.29, 1.82) is 0 Å². The fourth-order valence-electron chi connectivity index (χ4n) is 2.51. The van der Waals surface area contributed by atoms with Gasteiger partial charge in [0.15, 0.2) is 0 Å². The molecule has 2 aliphatic carbocycles. The Morgan fingerprint density at radius 3 is 2.93 bits per heavy atom. The van der Waals surface area contributed by atoms with Gasteiger partial charge in [-0.1, -0.05) is 37.6 Å². The van der Waals surface area contributed by atoms with Gasteiger partial charge in [-0.15, -0.1) is 0 Å². The Bertz CT molecular complexity index is 307. The second-order valence-electron chi connectivity index (χ2n) is 5.05. The molecule has 0 radical (unpaired) electrons. The van der Waals surface area contributed by atoms with Crippen LogP contribution in [0, 0.1) is 11.3 Å². The van der Waals surface area contributed by atoms with E-state index in [0.717, 1.165) is 25.7 Å². The number of rotatable bonds is 0. The maximum absolute atomic E-state index is 11.7. The van der Waals surface area contributed by atoms with E-state index in [1.165, 1.54) is 5.57 Å². The van der Waals surface area contributed by atoms with Crippen molar-refractivity contribution in [2.75, 3.05) is 0 Å². The molecule has 14 heavy (non-hydrogen) atoms. The molecule has 1 heteroatoms. The van der Waals surface area contributed by atoms with Gasteiger partial charge >= 0.3 is 0 Å². The number of hydrogen-bond donors (Lipinski definition) is 0. The van der Waals surface area contributed by atoms with Gasteiger partial charge in [0.25, 0.3) is 0 Å². The highest BCUT2D eigenvalue weighted by molar-refractivity contribution is 5.85. The summed E-state index contributed by atoms with van der Waals surface area (Å²) >= 11 is 0. The zero-order valence-corrected chi connectivity index (χ0v) is 9.05. The molecule has 76 valence electrons. The number of Topliss-reactive ketones (excluding diaryl/α,β-unsaturated/α-hetero) is 1. The van der Waals surface area contributed by atoms with Gasteiger partial charge in [-0.3, -0.25) is 4.79 Å². The first-order valence-corrected chi connectivity index (χ1v) is 5.50. The molecule has 0 bridgehead atoms. The zero-order valence-electron chi connectivity index (χ0n) is 9.05. The predicted octanol–water partition coefficient (Wildman–Crippen LogP) is 3.27. The van der Waals surface area contributed by atoms with Crippen molar-refractivity contribution in [3.63, 3.8) is 0 Å². The average Bonchev–Trinajstić information content (AvgIpc) is 2.23. The van der Waals surface area contributed by atoms with Crippen molar-refractivity contribution in [3.05, 3.63) is 23.8 Å². The van der Waals surface area contributed by atoms with Crippen LogP contribution in [0.5, 0.6) is 0 Å². The molecule has 0 amide bonds. The molecular weight excluding hydrogens is 172 g/mol. The third-order valence-electron chi connectivity index (χ3n) is 3.20. The van der Waals surface area contributed by atoms with E-state index in [4.69, 9.17) is 0 Å². The van der Waals surface area contributed by atoms with E-state index in [1.807, 2.05) is 0 Å². The lowest BCUT2D eigenvalue weighted by Gasteiger charge is -2.24. The van der Waals surface area contributed by atoms with E-state index >= 15 is 0 Å². The molecule has 0 spiro atoms. The van der Waals surface area contributed by atoms with E-state index in [0.29, 0.717) is 5.78 Å². The van der Waals surface area contributed by atoms with Gasteiger partial charge in [-0.05, 0) is 19.3 Å². The van der Waals surface area contributed by atoms with Crippen LogP contribution in [0.25, 0.3) is 0 Å². The Morgan fingerprint density at radius 1 is 1.36 bits per heavy atom. The summed E-state index contributed by atoms with van der Waals surface area (Å²) in [4.78, 5) is 11.7. The highest BCUT2D eigenvalue weighted by Gasteiger charge is 2.29. The molecule has 2 rings (SSSR count). The molecule has 1 fully saturated rings. The van der Waals surface area contributed by atoms with Crippen molar-refractivity contribution in [3.8, 4) is 0 Å². The van der Waals surface area contributed by atoms with Crippen LogP contribution in [0.3, 0.4) is 0 Å². The van der Waals surface area contributed by atoms with Crippen LogP contribution in [-0.4, -0.2) is 5.78 Å². The Morgan fingerprint density at radius 2 is 2.14 bits per heavy atom. The number of ketones is 1. The second-order valence-corrected chi connectivity index (χ2v) is 5.05. The summed E-state index contributed by atoms with van der Waals surface area (Å²) in [6, 6.07) is 0. The Kier molecular flexibility index (Phi) is 2.34. The fourth-order valence-corrected chi connectivity index (χ4v) is 2.51. The third kappa shape index (κ3) is 1.82. The first-order chi connectivity index (χ1) is 6.58. The van der Waals surface area contributed by atoms with E-state index < -0.39 is 0 Å². The monoisotopic (exact) mass is 190 g/mol. The Hall–Kier alpha value is -0.850. The van der Waals surface area contributed by atoms with Crippen LogP contribution in [0.1, 0.15) is 39.5 Å². The molecule has 1 saturated carbocycles. The molecule has 2 aliphatic rings. The van der Waals surface area contributed by atoms with Crippen molar-refractivity contribution in [2.45, 2.75) is 39.5 Å². The number of hydrogen-bond acceptors (Lipinski definition) is 1. The molecule has 0 N–H and O–H groups in total. The molecule has 0 aliphatic heterocycles. The summed E-state index contributed by atoms with van der Waals surface area (Å²) in [5, 5.41) is 0. The standard InChI is InChI=1S/C13H18O/c1-13(2)8-4-6-11-10(9-13)5-3-7-12(11)14/h4,8-9,11H,3,5-7H2,1-2H3. The topological polar surface area (TPSA) is 17.1 Å². The van der Waals surface area contributed by atoms with E-state index in [9.17, 15) is 4.79 Å². The lowest BCUT2D eigenvalue weighted by Crippen LogP contribution is -2.21. The predicted molar refractivity (Wildman–Crippen MR) is 58.0 cm³/mol. The highest BCUT2D eigenvalue weighted by atomic mass is 16.1. The van der Waals surface area contributed by atoms with Crippen molar-refractivity contribution >= 4 is 5.78 Å². The molecule has 0 aromatic carbocycles. The maximum Gasteiger partial charge on any atom is 0.140 e. The zero-order chi connectivity index (χ0) is 10.2. The summed E-state index contributed by atoms with van der Waals surface area (Å²) in [5.74, 6) is 0.659. The third-order valence-corrected chi connectivity index (χ3v) is 3.20. The summed E-state index contributed by atoms with van der Waals surface area (Å²) in [7, 11) is 0. The number of allylic oxidation sites excluding steroid dienone is 4. The Balaban J connectivity index is 2.33. The molecule has 0 aromatic heterocycles. The number of carbonyl (C=O) groups is 1. The van der Waals surface area contributed by atoms with Gasteiger partial charge < -0.3 is 0 Å². The van der Waals surface area contributed by atoms with Gasteiger partial charge in [0.05, 0.1) is 0 Å². The van der Waals surface area contributed by atoms with Gasteiger partial charge in [0.1, 0.15) is 5.78 Å². The van der Waals surface area contributed by atoms with Gasteiger partial charge in [-0.25, -0.2) is 0 Å². The minimum atomic E-state index is 0.141. The van der Waals surface area contributed by atoms with Gasteiger partial charge in [0.2, 0.25) is 0 Å². The average molecular weight is 190 g/mol. The van der Waals surface area contributed by atoms with Crippen LogP contribution in [-0.2, 0) is 4.79 Å². The van der Waals surface area contributed by atoms with Crippen LogP contribution in [0.15, 0.2) is 23.8 Å². The first-order valence-electron chi connectivity index (χ1n) is 5.50. The SMILES string of the molecule is CC1(C)C=CCC2C(=O)CCCC2=C1. The molecule has 0 aromatic rings. The Labute approximate surface area is 85.9 Å². The molecule has 1 nitrogen and oxygen atoms in total. The van der Waals surface area contributed by atoms with Gasteiger partial charge in [0, 0.05) is 17.8 Å². The normalized spacial score (nSPS) is 30.6. The molecule has 0 saturated heterocycles. The number of carbonyl (C=O) groups excluding carboxylic acids is 1. The molecule has 1 unspecified atom stereocenters. The minimum Gasteiger partial charge on any atom is -0.299 e. The highest BCUT2D eigenvalue weighted by Crippen LogP contribution is 2.36. The van der Waals surface area contributed by atoms with E-state index in [1.54, 1.807) is 0 Å². The molecular formula is C13H18O. The van der Waals surface area contributed by atoms with Crippen LogP contribution >= 0.6 is 0 Å².